The van der Waals surface area contributed by atoms with Crippen LogP contribution in [0.5, 0.6) is 0 Å². The summed E-state index contributed by atoms with van der Waals surface area (Å²) < 4.78 is 0. The van der Waals surface area contributed by atoms with Gasteiger partial charge in [-0.3, -0.25) is 4.79 Å². The molecule has 0 spiro atoms. The third-order valence-corrected chi connectivity index (χ3v) is 4.65. The van der Waals surface area contributed by atoms with Crippen molar-refractivity contribution >= 4 is 44.8 Å². The molecular formula is C11H10Cl2N2OS. The molecule has 6 heteroatoms. The van der Waals surface area contributed by atoms with Gasteiger partial charge in [0, 0.05) is 4.88 Å². The number of aromatic nitrogens is 2. The van der Waals surface area contributed by atoms with Crippen LogP contribution in [0, 0.1) is 0 Å². The van der Waals surface area contributed by atoms with E-state index in [2.05, 4.69) is 9.97 Å². The average molecular weight is 289 g/mol. The Kier molecular flexibility index (Phi) is 2.89. The van der Waals surface area contributed by atoms with Crippen molar-refractivity contribution in [2.24, 2.45) is 0 Å². The molecule has 0 saturated heterocycles. The lowest BCUT2D eigenvalue weighted by molar-refractivity contribution is 0.700. The number of nitrogens with one attached hydrogen (secondary N) is 1. The van der Waals surface area contributed by atoms with Crippen molar-refractivity contribution in [2.45, 2.75) is 30.5 Å². The zero-order chi connectivity index (χ0) is 12.0. The van der Waals surface area contributed by atoms with Crippen LogP contribution in [0.25, 0.3) is 10.2 Å². The van der Waals surface area contributed by atoms with E-state index in [4.69, 9.17) is 23.2 Å². The topological polar surface area (TPSA) is 45.8 Å². The first-order valence-corrected chi connectivity index (χ1v) is 7.18. The summed E-state index contributed by atoms with van der Waals surface area (Å²) in [6.07, 6.45) is 4.37. The van der Waals surface area contributed by atoms with Gasteiger partial charge in [-0.2, -0.15) is 0 Å². The van der Waals surface area contributed by atoms with Crippen LogP contribution in [0.4, 0.5) is 0 Å². The molecule has 2 heterocycles. The van der Waals surface area contributed by atoms with Crippen molar-refractivity contribution in [1.82, 2.24) is 9.97 Å². The molecular weight excluding hydrogens is 279 g/mol. The molecule has 0 radical (unpaired) electrons. The fourth-order valence-electron chi connectivity index (χ4n) is 2.28. The zero-order valence-corrected chi connectivity index (χ0v) is 11.3. The highest BCUT2D eigenvalue weighted by molar-refractivity contribution is 7.18. The number of aryl methyl sites for hydroxylation is 2. The van der Waals surface area contributed by atoms with Gasteiger partial charge in [0.2, 0.25) is 0 Å². The number of alkyl halides is 2. The Morgan fingerprint density at radius 3 is 2.82 bits per heavy atom. The smallest absolute Gasteiger partial charge is 0.260 e. The molecule has 0 aliphatic heterocycles. The van der Waals surface area contributed by atoms with Gasteiger partial charge in [0.25, 0.3) is 5.56 Å². The van der Waals surface area contributed by atoms with E-state index in [0.717, 1.165) is 29.5 Å². The molecule has 90 valence electrons. The number of aromatic amines is 1. The third kappa shape index (κ3) is 1.88. The van der Waals surface area contributed by atoms with Crippen LogP contribution in [0.3, 0.4) is 0 Å². The van der Waals surface area contributed by atoms with Crippen molar-refractivity contribution < 1.29 is 0 Å². The predicted molar refractivity (Wildman–Crippen MR) is 71.3 cm³/mol. The van der Waals surface area contributed by atoms with Gasteiger partial charge in [-0.15, -0.1) is 11.3 Å². The zero-order valence-electron chi connectivity index (χ0n) is 8.93. The second-order valence-corrected chi connectivity index (χ2v) is 6.32. The van der Waals surface area contributed by atoms with Crippen molar-refractivity contribution in [1.29, 1.82) is 0 Å². The number of hydrogen-bond donors (Lipinski definition) is 1. The molecule has 0 atom stereocenters. The first-order chi connectivity index (χ1) is 8.16. The molecule has 2 aromatic heterocycles. The lowest BCUT2D eigenvalue weighted by atomic mass is 9.97. The largest absolute Gasteiger partial charge is 0.308 e. The van der Waals surface area contributed by atoms with E-state index in [1.165, 1.54) is 16.9 Å². The number of nitrogens with zero attached hydrogens (tertiary/aromatic N) is 1. The number of H-pyrrole nitrogens is 1. The molecule has 17 heavy (non-hydrogen) atoms. The Balaban J connectivity index is 2.31. The van der Waals surface area contributed by atoms with E-state index >= 15 is 0 Å². The molecule has 3 rings (SSSR count). The summed E-state index contributed by atoms with van der Waals surface area (Å²) in [5, 5.41) is 0.738. The molecule has 3 nitrogen and oxygen atoms in total. The summed E-state index contributed by atoms with van der Waals surface area (Å²) in [5.74, 6) is 0.337. The van der Waals surface area contributed by atoms with Crippen molar-refractivity contribution in [3.8, 4) is 0 Å². The number of fused-ring (bicyclic) bond motifs is 3. The minimum atomic E-state index is -0.786. The van der Waals surface area contributed by atoms with E-state index in [-0.39, 0.29) is 5.56 Å². The minimum Gasteiger partial charge on any atom is -0.308 e. The van der Waals surface area contributed by atoms with Crippen LogP contribution in [0.15, 0.2) is 4.79 Å². The monoisotopic (exact) mass is 288 g/mol. The minimum absolute atomic E-state index is 0.115. The Labute approximate surface area is 112 Å². The van der Waals surface area contributed by atoms with Gasteiger partial charge in [-0.25, -0.2) is 4.98 Å². The first kappa shape index (κ1) is 11.5. The third-order valence-electron chi connectivity index (χ3n) is 3.05. The molecule has 0 saturated carbocycles. The summed E-state index contributed by atoms with van der Waals surface area (Å²) in [7, 11) is 0. The number of hydrogen-bond acceptors (Lipinski definition) is 3. The van der Waals surface area contributed by atoms with Gasteiger partial charge in [-0.05, 0) is 31.2 Å². The van der Waals surface area contributed by atoms with Crippen LogP contribution in [-0.2, 0) is 12.8 Å². The Hall–Kier alpha value is -0.580. The fraction of sp³-hybridized carbons (Fsp3) is 0.455. The standard InChI is InChI=1S/C11H10Cl2N2OS/c12-8(13)9-14-10(16)7-5-3-1-2-4-6(5)17-11(7)15-9/h8H,1-4H2,(H,14,15,16). The SMILES string of the molecule is O=c1[nH]c(C(Cl)Cl)nc2sc3c(c12)CCCC3. The second kappa shape index (κ2) is 4.26. The maximum absolute atomic E-state index is 12.0. The van der Waals surface area contributed by atoms with Crippen LogP contribution >= 0.6 is 34.5 Å². The molecule has 1 N–H and O–H groups in total. The van der Waals surface area contributed by atoms with Crippen molar-refractivity contribution in [3.63, 3.8) is 0 Å². The number of rotatable bonds is 1. The van der Waals surface area contributed by atoms with Crippen molar-refractivity contribution in [2.75, 3.05) is 0 Å². The van der Waals surface area contributed by atoms with E-state index in [9.17, 15) is 4.79 Å². The normalized spacial score (nSPS) is 15.5. The van der Waals surface area contributed by atoms with Gasteiger partial charge < -0.3 is 4.98 Å². The summed E-state index contributed by atoms with van der Waals surface area (Å²) in [5.41, 5.74) is 1.06. The highest BCUT2D eigenvalue weighted by atomic mass is 35.5. The Bertz CT molecular complexity index is 632. The summed E-state index contributed by atoms with van der Waals surface area (Å²) in [4.78, 5) is 20.3. The van der Waals surface area contributed by atoms with Gasteiger partial charge >= 0.3 is 0 Å². The molecule has 1 aliphatic rings. The average Bonchev–Trinajstić information content (AvgIpc) is 2.67. The van der Waals surface area contributed by atoms with Crippen LogP contribution < -0.4 is 5.56 Å². The van der Waals surface area contributed by atoms with Gasteiger partial charge in [-0.1, -0.05) is 23.2 Å². The molecule has 0 amide bonds. The van der Waals surface area contributed by atoms with Crippen LogP contribution in [-0.4, -0.2) is 9.97 Å². The molecule has 0 unspecified atom stereocenters. The molecule has 2 aromatic rings. The number of thiophene rings is 1. The maximum atomic E-state index is 12.0. The van der Waals surface area contributed by atoms with E-state index in [1.807, 2.05) is 0 Å². The summed E-state index contributed by atoms with van der Waals surface area (Å²) in [6, 6.07) is 0. The van der Waals surface area contributed by atoms with Crippen molar-refractivity contribution in [3.05, 3.63) is 26.6 Å². The van der Waals surface area contributed by atoms with Crippen LogP contribution in [0.2, 0.25) is 0 Å². The van der Waals surface area contributed by atoms with E-state index < -0.39 is 4.84 Å². The molecule has 0 fully saturated rings. The lowest BCUT2D eigenvalue weighted by Gasteiger charge is -2.09. The first-order valence-electron chi connectivity index (χ1n) is 5.49. The van der Waals surface area contributed by atoms with E-state index in [1.54, 1.807) is 11.3 Å². The van der Waals surface area contributed by atoms with E-state index in [0.29, 0.717) is 5.82 Å². The fourth-order valence-corrected chi connectivity index (χ4v) is 3.76. The van der Waals surface area contributed by atoms with Crippen LogP contribution in [0.1, 0.15) is 33.9 Å². The highest BCUT2D eigenvalue weighted by Gasteiger charge is 2.20. The molecule has 0 bridgehead atoms. The second-order valence-electron chi connectivity index (χ2n) is 4.14. The summed E-state index contributed by atoms with van der Waals surface area (Å²) >= 11 is 13.1. The quantitative estimate of drug-likeness (QED) is 0.818. The number of halogens is 2. The highest BCUT2D eigenvalue weighted by Crippen LogP contribution is 2.34. The summed E-state index contributed by atoms with van der Waals surface area (Å²) in [6.45, 7) is 0. The Morgan fingerprint density at radius 1 is 1.29 bits per heavy atom. The molecule has 0 aromatic carbocycles. The van der Waals surface area contributed by atoms with Gasteiger partial charge in [0.05, 0.1) is 5.39 Å². The van der Waals surface area contributed by atoms with Gasteiger partial charge in [0.1, 0.15) is 10.7 Å². The lowest BCUT2D eigenvalue weighted by Crippen LogP contribution is -2.12. The predicted octanol–water partition coefficient (Wildman–Crippen LogP) is 3.34. The Morgan fingerprint density at radius 2 is 2.06 bits per heavy atom. The molecule has 1 aliphatic carbocycles. The van der Waals surface area contributed by atoms with Gasteiger partial charge in [0.15, 0.2) is 4.84 Å². The maximum Gasteiger partial charge on any atom is 0.260 e.